The van der Waals surface area contributed by atoms with Gasteiger partial charge in [0.15, 0.2) is 5.16 Å². The molecule has 1 atom stereocenters. The molecular weight excluding hydrogens is 252 g/mol. The van der Waals surface area contributed by atoms with Crippen molar-refractivity contribution in [1.29, 1.82) is 0 Å². The van der Waals surface area contributed by atoms with Gasteiger partial charge in [-0.1, -0.05) is 25.6 Å². The lowest BCUT2D eigenvalue weighted by Crippen LogP contribution is -2.07. The molecule has 18 heavy (non-hydrogen) atoms. The molecule has 1 heterocycles. The van der Waals surface area contributed by atoms with E-state index in [2.05, 4.69) is 20.3 Å². The van der Waals surface area contributed by atoms with E-state index in [0.717, 1.165) is 12.2 Å². The van der Waals surface area contributed by atoms with Crippen LogP contribution < -0.4 is 10.1 Å². The molecule has 0 saturated carbocycles. The van der Waals surface area contributed by atoms with Gasteiger partial charge in [-0.3, -0.25) is 0 Å². The predicted molar refractivity (Wildman–Crippen MR) is 72.1 cm³/mol. The highest BCUT2D eigenvalue weighted by atomic mass is 32.2. The van der Waals surface area contributed by atoms with Crippen molar-refractivity contribution in [2.75, 3.05) is 31.3 Å². The van der Waals surface area contributed by atoms with Gasteiger partial charge >= 0.3 is 6.01 Å². The van der Waals surface area contributed by atoms with E-state index >= 15 is 0 Å². The lowest BCUT2D eigenvalue weighted by atomic mass is 10.2. The SMILES string of the molecule is CCCOc1nc(NC)nc(SCC(C)CO)n1. The first-order valence-corrected chi connectivity index (χ1v) is 6.98. The Balaban J connectivity index is 2.70. The quantitative estimate of drug-likeness (QED) is 0.693. The van der Waals surface area contributed by atoms with Crippen LogP contribution in [-0.4, -0.2) is 46.1 Å². The summed E-state index contributed by atoms with van der Waals surface area (Å²) in [6.07, 6.45) is 0.907. The molecule has 0 amide bonds. The fourth-order valence-corrected chi connectivity index (χ4v) is 1.87. The number of anilines is 1. The third-order valence-corrected chi connectivity index (χ3v) is 3.24. The van der Waals surface area contributed by atoms with Crippen molar-refractivity contribution in [1.82, 2.24) is 15.0 Å². The van der Waals surface area contributed by atoms with Crippen molar-refractivity contribution in [2.45, 2.75) is 25.4 Å². The molecule has 6 nitrogen and oxygen atoms in total. The average Bonchev–Trinajstić information content (AvgIpc) is 2.42. The van der Waals surface area contributed by atoms with E-state index < -0.39 is 0 Å². The molecule has 0 aromatic carbocycles. The molecule has 102 valence electrons. The maximum absolute atomic E-state index is 8.98. The molecule has 0 spiro atoms. The van der Waals surface area contributed by atoms with E-state index in [-0.39, 0.29) is 12.5 Å². The number of nitrogens with zero attached hydrogens (tertiary/aromatic N) is 3. The Morgan fingerprint density at radius 1 is 1.39 bits per heavy atom. The molecule has 7 heteroatoms. The smallest absolute Gasteiger partial charge is 0.322 e. The summed E-state index contributed by atoms with van der Waals surface area (Å²) in [5.74, 6) is 1.47. The van der Waals surface area contributed by atoms with E-state index in [4.69, 9.17) is 9.84 Å². The molecule has 1 aromatic heterocycles. The molecule has 0 aliphatic carbocycles. The summed E-state index contributed by atoms with van der Waals surface area (Å²) < 4.78 is 5.41. The number of aliphatic hydroxyl groups excluding tert-OH is 1. The van der Waals surface area contributed by atoms with Crippen molar-refractivity contribution >= 4 is 17.7 Å². The molecule has 0 aliphatic rings. The Morgan fingerprint density at radius 3 is 2.78 bits per heavy atom. The highest BCUT2D eigenvalue weighted by Gasteiger charge is 2.09. The normalized spacial score (nSPS) is 12.2. The highest BCUT2D eigenvalue weighted by Crippen LogP contribution is 2.19. The van der Waals surface area contributed by atoms with E-state index in [1.807, 2.05) is 13.8 Å². The first-order valence-electron chi connectivity index (χ1n) is 5.99. The fraction of sp³-hybridized carbons (Fsp3) is 0.727. The molecule has 0 aliphatic heterocycles. The minimum absolute atomic E-state index is 0.163. The maximum atomic E-state index is 8.98. The molecule has 0 saturated heterocycles. The summed E-state index contributed by atoms with van der Waals surface area (Å²) in [5.41, 5.74) is 0. The van der Waals surface area contributed by atoms with Gasteiger partial charge in [0.1, 0.15) is 0 Å². The zero-order valence-electron chi connectivity index (χ0n) is 11.0. The molecule has 1 aromatic rings. The van der Waals surface area contributed by atoms with Crippen LogP contribution in [0, 0.1) is 5.92 Å². The standard InChI is InChI=1S/C11H20N4O2S/c1-4-5-17-10-13-9(12-3)14-11(15-10)18-7-8(2)6-16/h8,16H,4-7H2,1-3H3,(H,12,13,14,15). The summed E-state index contributed by atoms with van der Waals surface area (Å²) >= 11 is 1.49. The summed E-state index contributed by atoms with van der Waals surface area (Å²) in [4.78, 5) is 12.6. The van der Waals surface area contributed by atoms with Gasteiger partial charge in [-0.15, -0.1) is 0 Å². The number of hydrogen-bond acceptors (Lipinski definition) is 7. The van der Waals surface area contributed by atoms with Gasteiger partial charge in [-0.05, 0) is 12.3 Å². The van der Waals surface area contributed by atoms with Crippen LogP contribution in [-0.2, 0) is 0 Å². The summed E-state index contributed by atoms with van der Waals surface area (Å²) in [7, 11) is 1.75. The molecule has 0 radical (unpaired) electrons. The number of nitrogens with one attached hydrogen (secondary N) is 1. The van der Waals surface area contributed by atoms with Crippen molar-refractivity contribution < 1.29 is 9.84 Å². The molecule has 2 N–H and O–H groups in total. The Morgan fingerprint density at radius 2 is 2.17 bits per heavy atom. The molecule has 1 unspecified atom stereocenters. The number of hydrogen-bond donors (Lipinski definition) is 2. The van der Waals surface area contributed by atoms with Crippen molar-refractivity contribution in [3.05, 3.63) is 0 Å². The monoisotopic (exact) mass is 272 g/mol. The highest BCUT2D eigenvalue weighted by molar-refractivity contribution is 7.99. The number of aliphatic hydroxyl groups is 1. The van der Waals surface area contributed by atoms with Gasteiger partial charge in [0.2, 0.25) is 5.95 Å². The van der Waals surface area contributed by atoms with Gasteiger partial charge < -0.3 is 15.2 Å². The Kier molecular flexibility index (Phi) is 6.74. The Bertz CT molecular complexity index is 365. The van der Waals surface area contributed by atoms with Crippen LogP contribution in [0.2, 0.25) is 0 Å². The van der Waals surface area contributed by atoms with E-state index in [1.54, 1.807) is 7.05 Å². The number of aromatic nitrogens is 3. The predicted octanol–water partition coefficient (Wildman–Crippen LogP) is 1.42. The van der Waals surface area contributed by atoms with Gasteiger partial charge in [0.25, 0.3) is 0 Å². The molecule has 0 fully saturated rings. The number of rotatable bonds is 8. The maximum Gasteiger partial charge on any atom is 0.322 e. The first-order chi connectivity index (χ1) is 8.69. The number of ether oxygens (including phenoxy) is 1. The second kappa shape index (κ2) is 8.10. The van der Waals surface area contributed by atoms with Crippen LogP contribution in [0.5, 0.6) is 6.01 Å². The van der Waals surface area contributed by atoms with Gasteiger partial charge in [0, 0.05) is 19.4 Å². The van der Waals surface area contributed by atoms with Gasteiger partial charge in [0.05, 0.1) is 6.61 Å². The second-order valence-corrected chi connectivity index (χ2v) is 4.91. The van der Waals surface area contributed by atoms with Gasteiger partial charge in [-0.25, -0.2) is 0 Å². The minimum atomic E-state index is 0.163. The van der Waals surface area contributed by atoms with E-state index in [1.165, 1.54) is 11.8 Å². The third-order valence-electron chi connectivity index (χ3n) is 2.06. The summed E-state index contributed by atoms with van der Waals surface area (Å²) in [6.45, 7) is 4.75. The van der Waals surface area contributed by atoms with Crippen molar-refractivity contribution in [3.63, 3.8) is 0 Å². The second-order valence-electron chi connectivity index (χ2n) is 3.92. The fourth-order valence-electron chi connectivity index (χ4n) is 1.04. The molecule has 0 bridgehead atoms. The zero-order valence-corrected chi connectivity index (χ0v) is 11.8. The summed E-state index contributed by atoms with van der Waals surface area (Å²) in [5, 5.41) is 12.5. The van der Waals surface area contributed by atoms with E-state index in [9.17, 15) is 0 Å². The van der Waals surface area contributed by atoms with Crippen LogP contribution in [0.15, 0.2) is 5.16 Å². The zero-order chi connectivity index (χ0) is 13.4. The van der Waals surface area contributed by atoms with E-state index in [0.29, 0.717) is 23.7 Å². The van der Waals surface area contributed by atoms with Crippen molar-refractivity contribution in [2.24, 2.45) is 5.92 Å². The average molecular weight is 272 g/mol. The van der Waals surface area contributed by atoms with Crippen LogP contribution in [0.3, 0.4) is 0 Å². The third kappa shape index (κ3) is 5.05. The lowest BCUT2D eigenvalue weighted by molar-refractivity contribution is 0.250. The Labute approximate surface area is 112 Å². The summed E-state index contributed by atoms with van der Waals surface area (Å²) in [6, 6.07) is 0.343. The first kappa shape index (κ1) is 15.0. The molecule has 1 rings (SSSR count). The minimum Gasteiger partial charge on any atom is -0.463 e. The van der Waals surface area contributed by atoms with Crippen molar-refractivity contribution in [3.8, 4) is 6.01 Å². The molecular formula is C11H20N4O2S. The van der Waals surface area contributed by atoms with Crippen LogP contribution in [0.25, 0.3) is 0 Å². The van der Waals surface area contributed by atoms with Gasteiger partial charge in [-0.2, -0.15) is 15.0 Å². The Hall–Kier alpha value is -1.08. The topological polar surface area (TPSA) is 80.2 Å². The number of thioether (sulfide) groups is 1. The van der Waals surface area contributed by atoms with Crippen LogP contribution in [0.1, 0.15) is 20.3 Å². The largest absolute Gasteiger partial charge is 0.463 e. The lowest BCUT2D eigenvalue weighted by Gasteiger charge is -2.09. The van der Waals surface area contributed by atoms with Crippen LogP contribution >= 0.6 is 11.8 Å². The van der Waals surface area contributed by atoms with Crippen LogP contribution in [0.4, 0.5) is 5.95 Å².